The van der Waals surface area contributed by atoms with Crippen LogP contribution >= 0.6 is 23.9 Å². The molecular formula is C16H22BrFeP. The van der Waals surface area contributed by atoms with Gasteiger partial charge in [-0.25, -0.2) is 0 Å². The topological polar surface area (TPSA) is 0 Å². The van der Waals surface area contributed by atoms with Crippen molar-refractivity contribution in [3.05, 3.63) is 0 Å². The Morgan fingerprint density at radius 1 is 0.842 bits per heavy atom. The van der Waals surface area contributed by atoms with Crippen molar-refractivity contribution in [2.24, 2.45) is 0 Å². The molecule has 0 aliphatic carbocycles. The molecular weight excluding hydrogens is 359 g/mol. The van der Waals surface area contributed by atoms with E-state index in [1.165, 1.54) is 38.5 Å². The summed E-state index contributed by atoms with van der Waals surface area (Å²) < 4.78 is 2.07. The molecule has 106 valence electrons. The zero-order chi connectivity index (χ0) is 12.7. The zero-order valence-corrected chi connectivity index (χ0v) is 15.5. The fourth-order valence-corrected chi connectivity index (χ4v) is 123. The summed E-state index contributed by atoms with van der Waals surface area (Å²) in [6.45, 7) is 7.38. The maximum absolute atomic E-state index is 4.54. The van der Waals surface area contributed by atoms with Crippen molar-refractivity contribution in [3.8, 4) is 0 Å². The Kier molecular flexibility index (Phi) is 0.370. The van der Waals surface area contributed by atoms with Crippen molar-refractivity contribution < 1.29 is 6.51 Å². The molecule has 3 heteroatoms. The monoisotopic (exact) mass is 380 g/mol. The van der Waals surface area contributed by atoms with Crippen molar-refractivity contribution in [2.45, 2.75) is 84.8 Å². The van der Waals surface area contributed by atoms with Crippen LogP contribution in [0, 0.1) is 0 Å². The van der Waals surface area contributed by atoms with Crippen LogP contribution in [0.15, 0.2) is 0 Å². The summed E-state index contributed by atoms with van der Waals surface area (Å²) in [5.41, 5.74) is 2.04. The Bertz CT molecular complexity index is 1040. The predicted molar refractivity (Wildman–Crippen MR) is 81.6 cm³/mol. The molecule has 10 rings (SSSR count). The Morgan fingerprint density at radius 3 is 1.42 bits per heavy atom. The number of hydrogen-bond acceptors (Lipinski definition) is 0. The van der Waals surface area contributed by atoms with Gasteiger partial charge < -0.3 is 0 Å². The quantitative estimate of drug-likeness (QED) is 0.325. The van der Waals surface area contributed by atoms with Crippen LogP contribution in [0.5, 0.6) is 0 Å². The van der Waals surface area contributed by atoms with E-state index < -0.39 is 6.51 Å². The summed E-state index contributed by atoms with van der Waals surface area (Å²) in [5, 5.41) is 0. The van der Waals surface area contributed by atoms with Crippen molar-refractivity contribution in [3.63, 3.8) is 0 Å². The summed E-state index contributed by atoms with van der Waals surface area (Å²) >= 11 is 4.54. The van der Waals surface area contributed by atoms with Gasteiger partial charge in [0.05, 0.1) is 0 Å². The summed E-state index contributed by atoms with van der Waals surface area (Å²) in [7, 11) is 0.342. The molecule has 0 aromatic carbocycles. The first-order valence-electron chi connectivity index (χ1n) is 8.38. The Balaban J connectivity index is 1.53. The average Bonchev–Trinajstić information content (AvgIpc) is 3.23. The molecule has 10 heterocycles. The molecule has 10 fully saturated rings. The van der Waals surface area contributed by atoms with E-state index >= 15 is 0 Å². The van der Waals surface area contributed by atoms with E-state index in [4.69, 9.17) is 0 Å². The molecule has 0 radical (unpaired) electrons. The summed E-state index contributed by atoms with van der Waals surface area (Å²) in [6.07, 6.45) is 0. The number of rotatable bonds is 3. The van der Waals surface area contributed by atoms with E-state index in [0.717, 1.165) is 18.6 Å². The van der Waals surface area contributed by atoms with E-state index in [0.29, 0.717) is 7.92 Å². The van der Waals surface area contributed by atoms with Crippen molar-refractivity contribution >= 4 is 23.9 Å². The fraction of sp³-hybridized carbons (Fsp3) is 1.00. The second-order valence-electron chi connectivity index (χ2n) is 12.2. The number of fused-ring (bicyclic) bond motifs is 10. The minimum absolute atomic E-state index is 0.342. The number of hydrogen-bond donors (Lipinski definition) is 0. The van der Waals surface area contributed by atoms with Gasteiger partial charge in [-0.05, 0) is 0 Å². The molecule has 0 aromatic heterocycles. The molecule has 8 unspecified atom stereocenters. The number of alkyl halides is 1. The van der Waals surface area contributed by atoms with E-state index in [2.05, 4.69) is 43.6 Å². The van der Waals surface area contributed by atoms with Gasteiger partial charge in [0.25, 0.3) is 0 Å². The summed E-state index contributed by atoms with van der Waals surface area (Å²) in [6, 6.07) is 0. The van der Waals surface area contributed by atoms with Crippen LogP contribution in [0.1, 0.15) is 27.7 Å². The van der Waals surface area contributed by atoms with Gasteiger partial charge in [-0.3, -0.25) is 0 Å². The zero-order valence-electron chi connectivity index (χ0n) is 12.0. The first-order valence-corrected chi connectivity index (χ1v) is 16.9. The van der Waals surface area contributed by atoms with Crippen LogP contribution in [-0.4, -0.2) is 18.6 Å². The van der Waals surface area contributed by atoms with Gasteiger partial charge in [-0.1, -0.05) is 0 Å². The predicted octanol–water partition coefficient (Wildman–Crippen LogP) is 5.88. The van der Waals surface area contributed by atoms with E-state index in [1.807, 2.05) is 0 Å². The standard InChI is InChI=1S/C11H18P.C5H4Br.Fe/c1-9(2)12(10(3)4)11-7-5-6-8-11;6-5-3-1-2-4-5;/h5-10H,1-4H3;1-4H;. The third-order valence-corrected chi connectivity index (χ3v) is 73.6. The van der Waals surface area contributed by atoms with Gasteiger partial charge in [0, 0.05) is 0 Å². The van der Waals surface area contributed by atoms with Crippen molar-refractivity contribution in [1.29, 1.82) is 0 Å². The Morgan fingerprint density at radius 2 is 1.26 bits per heavy atom. The summed E-state index contributed by atoms with van der Waals surface area (Å²) in [4.78, 5) is 11.6. The Hall–Kier alpha value is 1.43. The molecule has 0 saturated carbocycles. The molecule has 0 N–H and O–H groups in total. The fourth-order valence-electron chi connectivity index (χ4n) is 18.2. The van der Waals surface area contributed by atoms with Gasteiger partial charge in [0.1, 0.15) is 0 Å². The van der Waals surface area contributed by atoms with E-state index in [1.54, 1.807) is 0 Å². The normalized spacial score (nSPS) is 113. The van der Waals surface area contributed by atoms with Crippen LogP contribution in [0.25, 0.3) is 0 Å². The van der Waals surface area contributed by atoms with Crippen LogP contribution in [0.4, 0.5) is 0 Å². The van der Waals surface area contributed by atoms with Gasteiger partial charge in [-0.15, -0.1) is 0 Å². The van der Waals surface area contributed by atoms with Crippen LogP contribution in [-0.2, 0) is 6.51 Å². The molecule has 1 spiro atoms. The maximum atomic E-state index is 4.54. The van der Waals surface area contributed by atoms with Gasteiger partial charge in [0.2, 0.25) is 0 Å². The molecule has 8 atom stereocenters. The molecule has 0 aromatic rings. The molecule has 10 aliphatic heterocycles. The molecule has 10 aliphatic rings. The van der Waals surface area contributed by atoms with Crippen LogP contribution in [0.2, 0.25) is 38.5 Å². The van der Waals surface area contributed by atoms with Gasteiger partial charge in [0.15, 0.2) is 0 Å². The molecule has 0 bridgehead atoms. The summed E-state index contributed by atoms with van der Waals surface area (Å²) in [5.74, 6) is 0. The Labute approximate surface area is 115 Å². The minimum atomic E-state index is -3.00. The first kappa shape index (κ1) is 8.90. The molecule has 19 heavy (non-hydrogen) atoms. The van der Waals surface area contributed by atoms with Crippen molar-refractivity contribution in [1.82, 2.24) is 0 Å². The molecule has 0 nitrogen and oxygen atoms in total. The van der Waals surface area contributed by atoms with Crippen molar-refractivity contribution in [2.75, 3.05) is 0 Å². The van der Waals surface area contributed by atoms with Crippen LogP contribution in [0.3, 0.4) is 0 Å². The first-order chi connectivity index (χ1) is 8.70. The third kappa shape index (κ3) is 0.101. The molecule has 0 amide bonds. The second-order valence-corrected chi connectivity index (χ2v) is 41.5. The van der Waals surface area contributed by atoms with Crippen LogP contribution < -0.4 is 0 Å². The number of halogens is 1. The second kappa shape index (κ2) is 0.789. The van der Waals surface area contributed by atoms with E-state index in [-0.39, 0.29) is 0 Å². The SMILES string of the molecule is CC(C)P(C(C)C)[C]12[CH]3[CH]4[CH]5[CH]1[Fe]45321678[CH]2[CH]1[CH]6[C]7(Br)[CH]28. The average molecular weight is 381 g/mol. The molecule has 10 saturated heterocycles. The van der Waals surface area contributed by atoms with Gasteiger partial charge >= 0.3 is 115 Å². The van der Waals surface area contributed by atoms with E-state index in [9.17, 15) is 0 Å². The third-order valence-electron chi connectivity index (χ3n) is 16.1. The van der Waals surface area contributed by atoms with Gasteiger partial charge in [-0.2, -0.15) is 0 Å².